The Morgan fingerprint density at radius 1 is 0.964 bits per heavy atom. The molecule has 2 amide bonds. The van der Waals surface area contributed by atoms with E-state index >= 15 is 0 Å². The van der Waals surface area contributed by atoms with Gasteiger partial charge < -0.3 is 9.47 Å². The third-order valence-electron chi connectivity index (χ3n) is 3.92. The molecule has 3 aromatic rings. The molecule has 0 aliphatic carbocycles. The van der Waals surface area contributed by atoms with E-state index in [-0.39, 0.29) is 6.61 Å². The van der Waals surface area contributed by atoms with Crippen molar-refractivity contribution in [2.24, 2.45) is 0 Å². The Hall–Kier alpha value is -3.25. The molecule has 0 spiro atoms. The summed E-state index contributed by atoms with van der Waals surface area (Å²) in [5.74, 6) is -0.0567. The average Bonchev–Trinajstić information content (AvgIpc) is 2.71. The van der Waals surface area contributed by atoms with Gasteiger partial charge in [-0.25, -0.2) is 0 Å². The highest BCUT2D eigenvalue weighted by Crippen LogP contribution is 2.23. The van der Waals surface area contributed by atoms with Gasteiger partial charge in [0.2, 0.25) is 0 Å². The third-order valence-corrected chi connectivity index (χ3v) is 4.24. The number of hydrazine groups is 1. The lowest BCUT2D eigenvalue weighted by molar-refractivity contribution is -0.133. The molecule has 0 unspecified atom stereocenters. The average molecular weight is 399 g/mol. The Labute approximate surface area is 167 Å². The van der Waals surface area contributed by atoms with E-state index in [0.29, 0.717) is 16.5 Å². The lowest BCUT2D eigenvalue weighted by Gasteiger charge is -2.15. The second kappa shape index (κ2) is 9.10. The van der Waals surface area contributed by atoms with Crippen molar-refractivity contribution in [2.45, 2.75) is 13.0 Å². The van der Waals surface area contributed by atoms with E-state index in [9.17, 15) is 9.59 Å². The molecule has 0 radical (unpaired) electrons. The van der Waals surface area contributed by atoms with Gasteiger partial charge in [0.15, 0.2) is 12.7 Å². The van der Waals surface area contributed by atoms with Crippen molar-refractivity contribution in [3.8, 4) is 11.5 Å². The van der Waals surface area contributed by atoms with Crippen molar-refractivity contribution < 1.29 is 19.1 Å². The number of carbonyl (C=O) groups excluding carboxylic acids is 2. The summed E-state index contributed by atoms with van der Waals surface area (Å²) < 4.78 is 11.0. The first-order chi connectivity index (χ1) is 13.5. The smallest absolute Gasteiger partial charge is 0.279 e. The van der Waals surface area contributed by atoms with Crippen LogP contribution in [0.5, 0.6) is 11.5 Å². The van der Waals surface area contributed by atoms with E-state index in [4.69, 9.17) is 21.1 Å². The maximum Gasteiger partial charge on any atom is 0.279 e. The third kappa shape index (κ3) is 5.14. The SMILES string of the molecule is C[C@H](Oc1ccc2ccccc2c1)C(=O)NNC(=O)COc1ccccc1Cl. The number of halogens is 1. The number of para-hydroxylation sites is 1. The summed E-state index contributed by atoms with van der Waals surface area (Å²) >= 11 is 5.95. The molecule has 28 heavy (non-hydrogen) atoms. The fourth-order valence-electron chi connectivity index (χ4n) is 2.47. The predicted octanol–water partition coefficient (Wildman–Crippen LogP) is 3.49. The maximum absolute atomic E-state index is 12.1. The lowest BCUT2D eigenvalue weighted by atomic mass is 10.1. The molecule has 1 atom stereocenters. The second-order valence-electron chi connectivity index (χ2n) is 6.03. The number of benzene rings is 3. The lowest BCUT2D eigenvalue weighted by Crippen LogP contribution is -2.48. The molecule has 3 rings (SSSR count). The van der Waals surface area contributed by atoms with Crippen molar-refractivity contribution >= 4 is 34.2 Å². The molecule has 0 aliphatic heterocycles. The Morgan fingerprint density at radius 3 is 2.46 bits per heavy atom. The standard InChI is InChI=1S/C21H19ClN2O4/c1-14(28-17-11-10-15-6-2-3-7-16(15)12-17)21(26)24-23-20(25)13-27-19-9-5-4-8-18(19)22/h2-12,14H,13H2,1H3,(H,23,25)(H,24,26)/t14-/m0/s1. The Kier molecular flexibility index (Phi) is 6.34. The zero-order valence-electron chi connectivity index (χ0n) is 15.1. The molecule has 0 heterocycles. The van der Waals surface area contributed by atoms with E-state index in [1.807, 2.05) is 36.4 Å². The van der Waals surface area contributed by atoms with Crippen LogP contribution in [0.3, 0.4) is 0 Å². The van der Waals surface area contributed by atoms with E-state index in [2.05, 4.69) is 10.9 Å². The van der Waals surface area contributed by atoms with Gasteiger partial charge in [-0.2, -0.15) is 0 Å². The van der Waals surface area contributed by atoms with Crippen LogP contribution < -0.4 is 20.3 Å². The van der Waals surface area contributed by atoms with Crippen LogP contribution in [0, 0.1) is 0 Å². The first-order valence-electron chi connectivity index (χ1n) is 8.64. The molecule has 0 saturated heterocycles. The number of ether oxygens (including phenoxy) is 2. The fraction of sp³-hybridized carbons (Fsp3) is 0.143. The summed E-state index contributed by atoms with van der Waals surface area (Å²) in [4.78, 5) is 24.0. The molecule has 0 fully saturated rings. The minimum Gasteiger partial charge on any atom is -0.482 e. The largest absolute Gasteiger partial charge is 0.482 e. The summed E-state index contributed by atoms with van der Waals surface area (Å²) in [6, 6.07) is 20.2. The van der Waals surface area contributed by atoms with Crippen molar-refractivity contribution in [3.05, 3.63) is 71.8 Å². The summed E-state index contributed by atoms with van der Waals surface area (Å²) in [6.07, 6.45) is -0.800. The van der Waals surface area contributed by atoms with Gasteiger partial charge in [0.25, 0.3) is 11.8 Å². The summed E-state index contributed by atoms with van der Waals surface area (Å²) in [5, 5.41) is 2.49. The molecule has 0 aromatic heterocycles. The van der Waals surface area contributed by atoms with Crippen LogP contribution in [0.4, 0.5) is 0 Å². The van der Waals surface area contributed by atoms with Gasteiger partial charge in [0.05, 0.1) is 5.02 Å². The second-order valence-corrected chi connectivity index (χ2v) is 6.43. The molecular weight excluding hydrogens is 380 g/mol. The van der Waals surface area contributed by atoms with Gasteiger partial charge in [-0.3, -0.25) is 20.4 Å². The van der Waals surface area contributed by atoms with Gasteiger partial charge >= 0.3 is 0 Å². The number of fused-ring (bicyclic) bond motifs is 1. The van der Waals surface area contributed by atoms with Crippen molar-refractivity contribution in [2.75, 3.05) is 6.61 Å². The molecule has 0 saturated carbocycles. The van der Waals surface area contributed by atoms with Gasteiger partial charge in [0.1, 0.15) is 11.5 Å². The van der Waals surface area contributed by atoms with Crippen LogP contribution in [0.1, 0.15) is 6.92 Å². The Bertz CT molecular complexity index is 993. The van der Waals surface area contributed by atoms with E-state index in [1.165, 1.54) is 0 Å². The zero-order chi connectivity index (χ0) is 19.9. The van der Waals surface area contributed by atoms with E-state index in [1.54, 1.807) is 37.3 Å². The predicted molar refractivity (Wildman–Crippen MR) is 107 cm³/mol. The maximum atomic E-state index is 12.1. The summed E-state index contributed by atoms with van der Waals surface area (Å²) in [5.41, 5.74) is 4.60. The highest BCUT2D eigenvalue weighted by atomic mass is 35.5. The van der Waals surface area contributed by atoms with E-state index in [0.717, 1.165) is 10.8 Å². The van der Waals surface area contributed by atoms with Gasteiger partial charge in [-0.05, 0) is 42.0 Å². The van der Waals surface area contributed by atoms with Crippen LogP contribution in [0.15, 0.2) is 66.7 Å². The number of rotatable bonds is 6. The van der Waals surface area contributed by atoms with Crippen LogP contribution in [-0.2, 0) is 9.59 Å². The van der Waals surface area contributed by atoms with Crippen molar-refractivity contribution in [3.63, 3.8) is 0 Å². The molecule has 0 aliphatic rings. The van der Waals surface area contributed by atoms with Gasteiger partial charge in [0, 0.05) is 0 Å². The molecule has 3 aromatic carbocycles. The molecule has 2 N–H and O–H groups in total. The van der Waals surface area contributed by atoms with Gasteiger partial charge in [-0.15, -0.1) is 0 Å². The highest BCUT2D eigenvalue weighted by Gasteiger charge is 2.16. The minimum atomic E-state index is -0.800. The zero-order valence-corrected chi connectivity index (χ0v) is 15.9. The highest BCUT2D eigenvalue weighted by molar-refractivity contribution is 6.32. The molecule has 0 bridgehead atoms. The molecule has 6 nitrogen and oxygen atoms in total. The van der Waals surface area contributed by atoms with Crippen LogP contribution in [0.2, 0.25) is 5.02 Å². The molecule has 7 heteroatoms. The van der Waals surface area contributed by atoms with Crippen LogP contribution >= 0.6 is 11.6 Å². The minimum absolute atomic E-state index is 0.288. The number of nitrogens with one attached hydrogen (secondary N) is 2. The topological polar surface area (TPSA) is 76.7 Å². The first-order valence-corrected chi connectivity index (χ1v) is 9.02. The number of hydrogen-bond donors (Lipinski definition) is 2. The fourth-order valence-corrected chi connectivity index (χ4v) is 2.66. The van der Waals surface area contributed by atoms with E-state index < -0.39 is 17.9 Å². The molecule has 144 valence electrons. The van der Waals surface area contributed by atoms with Crippen molar-refractivity contribution in [1.29, 1.82) is 0 Å². The number of hydrogen-bond acceptors (Lipinski definition) is 4. The van der Waals surface area contributed by atoms with Crippen LogP contribution in [0.25, 0.3) is 10.8 Å². The first kappa shape index (κ1) is 19.5. The number of amides is 2. The van der Waals surface area contributed by atoms with Crippen LogP contribution in [-0.4, -0.2) is 24.5 Å². The summed E-state index contributed by atoms with van der Waals surface area (Å²) in [7, 11) is 0. The van der Waals surface area contributed by atoms with Gasteiger partial charge in [-0.1, -0.05) is 54.1 Å². The molecular formula is C21H19ClN2O4. The Morgan fingerprint density at radius 2 is 1.68 bits per heavy atom. The van der Waals surface area contributed by atoms with Crippen molar-refractivity contribution in [1.82, 2.24) is 10.9 Å². The summed E-state index contributed by atoms with van der Waals surface area (Å²) in [6.45, 7) is 1.31. The Balaban J connectivity index is 1.46. The normalized spacial score (nSPS) is 11.5. The quantitative estimate of drug-likeness (QED) is 0.623. The number of carbonyl (C=O) groups is 2. The monoisotopic (exact) mass is 398 g/mol.